The van der Waals surface area contributed by atoms with Gasteiger partial charge >= 0.3 is 0 Å². The molecule has 1 aromatic carbocycles. The monoisotopic (exact) mass is 356 g/mol. The largest absolute Gasteiger partial charge is 0.467 e. The Hall–Kier alpha value is -1.46. The van der Waals surface area contributed by atoms with E-state index < -0.39 is 0 Å². The van der Waals surface area contributed by atoms with Crippen LogP contribution >= 0.6 is 27.5 Å². The Labute approximate surface area is 130 Å². The Kier molecular flexibility index (Phi) is 5.09. The van der Waals surface area contributed by atoms with Crippen molar-refractivity contribution in [2.75, 3.05) is 5.32 Å². The zero-order valence-corrected chi connectivity index (χ0v) is 13.2. The van der Waals surface area contributed by atoms with Crippen LogP contribution in [0.15, 0.2) is 45.5 Å². The van der Waals surface area contributed by atoms with Crippen LogP contribution in [0.25, 0.3) is 0 Å². The predicted octanol–water partition coefficient (Wildman–Crippen LogP) is 3.81. The van der Waals surface area contributed by atoms with Crippen molar-refractivity contribution in [2.45, 2.75) is 19.5 Å². The van der Waals surface area contributed by atoms with E-state index >= 15 is 0 Å². The minimum absolute atomic E-state index is 0.108. The van der Waals surface area contributed by atoms with E-state index in [2.05, 4.69) is 26.6 Å². The highest BCUT2D eigenvalue weighted by Gasteiger charge is 2.14. The molecule has 106 valence electrons. The normalized spacial score (nSPS) is 11.9. The summed E-state index contributed by atoms with van der Waals surface area (Å²) in [4.78, 5) is 12.0. The van der Waals surface area contributed by atoms with E-state index in [0.29, 0.717) is 11.6 Å². The first-order valence-corrected chi connectivity index (χ1v) is 7.25. The number of hydrogen-bond donors (Lipinski definition) is 2. The quantitative estimate of drug-likeness (QED) is 0.855. The van der Waals surface area contributed by atoms with Crippen molar-refractivity contribution < 1.29 is 9.21 Å². The molecule has 2 N–H and O–H groups in total. The summed E-state index contributed by atoms with van der Waals surface area (Å²) in [5.41, 5.74) is 0.815. The van der Waals surface area contributed by atoms with Gasteiger partial charge in [-0.2, -0.15) is 0 Å². The highest BCUT2D eigenvalue weighted by atomic mass is 79.9. The Morgan fingerprint density at radius 3 is 2.90 bits per heavy atom. The van der Waals surface area contributed by atoms with Crippen LogP contribution in [0, 0.1) is 0 Å². The molecule has 0 saturated heterocycles. The number of furan rings is 1. The molecule has 6 heteroatoms. The number of halogens is 2. The van der Waals surface area contributed by atoms with Crippen LogP contribution in [0.1, 0.15) is 12.7 Å². The second-order valence-corrected chi connectivity index (χ2v) is 5.58. The summed E-state index contributed by atoms with van der Waals surface area (Å²) < 4.78 is 5.97. The third kappa shape index (κ3) is 4.02. The highest BCUT2D eigenvalue weighted by molar-refractivity contribution is 9.10. The molecular formula is C14H14BrClN2O2. The first-order chi connectivity index (χ1) is 9.56. The number of amides is 1. The van der Waals surface area contributed by atoms with Gasteiger partial charge in [-0.1, -0.05) is 11.6 Å². The SMILES string of the molecule is CC(Nc1ccc(Cl)cc1Br)C(=O)NCc1ccco1. The fraction of sp³-hybridized carbons (Fsp3) is 0.214. The van der Waals surface area contributed by atoms with Gasteiger partial charge in [-0.25, -0.2) is 0 Å². The molecule has 0 spiro atoms. The van der Waals surface area contributed by atoms with Crippen LogP contribution < -0.4 is 10.6 Å². The van der Waals surface area contributed by atoms with Crippen molar-refractivity contribution in [1.29, 1.82) is 0 Å². The standard InChI is InChI=1S/C14H14BrClN2O2/c1-9(14(19)17-8-11-3-2-6-20-11)18-13-5-4-10(16)7-12(13)15/h2-7,9,18H,8H2,1H3,(H,17,19). The zero-order chi connectivity index (χ0) is 14.5. The molecule has 1 atom stereocenters. The number of benzene rings is 1. The Bertz CT molecular complexity index is 587. The molecule has 1 amide bonds. The van der Waals surface area contributed by atoms with E-state index in [4.69, 9.17) is 16.0 Å². The second-order valence-electron chi connectivity index (χ2n) is 4.29. The van der Waals surface area contributed by atoms with E-state index in [1.807, 2.05) is 12.1 Å². The summed E-state index contributed by atoms with van der Waals surface area (Å²) >= 11 is 9.28. The van der Waals surface area contributed by atoms with E-state index in [-0.39, 0.29) is 11.9 Å². The molecule has 0 bridgehead atoms. The van der Waals surface area contributed by atoms with Gasteiger partial charge in [0.25, 0.3) is 0 Å². The Balaban J connectivity index is 1.90. The lowest BCUT2D eigenvalue weighted by Gasteiger charge is -2.16. The second kappa shape index (κ2) is 6.81. The van der Waals surface area contributed by atoms with E-state index in [1.54, 1.807) is 31.4 Å². The van der Waals surface area contributed by atoms with Crippen molar-refractivity contribution in [1.82, 2.24) is 5.32 Å². The van der Waals surface area contributed by atoms with Gasteiger partial charge in [0.05, 0.1) is 12.8 Å². The molecule has 0 aliphatic heterocycles. The van der Waals surface area contributed by atoms with Crippen LogP contribution in [0.4, 0.5) is 5.69 Å². The summed E-state index contributed by atoms with van der Waals surface area (Å²) in [6, 6.07) is 8.59. The molecule has 0 fully saturated rings. The summed E-state index contributed by atoms with van der Waals surface area (Å²) in [6.07, 6.45) is 1.58. The summed E-state index contributed by atoms with van der Waals surface area (Å²) in [6.45, 7) is 2.16. The van der Waals surface area contributed by atoms with Gasteiger partial charge in [0.1, 0.15) is 11.8 Å². The maximum absolute atomic E-state index is 12.0. The fourth-order valence-electron chi connectivity index (χ4n) is 1.65. The van der Waals surface area contributed by atoms with Gasteiger partial charge in [0.15, 0.2) is 0 Å². The molecule has 2 rings (SSSR count). The van der Waals surface area contributed by atoms with Gasteiger partial charge in [-0.15, -0.1) is 0 Å². The lowest BCUT2D eigenvalue weighted by atomic mass is 10.2. The van der Waals surface area contributed by atoms with Crippen molar-refractivity contribution in [2.24, 2.45) is 0 Å². The third-order valence-electron chi connectivity index (χ3n) is 2.71. The lowest BCUT2D eigenvalue weighted by molar-refractivity contribution is -0.121. The summed E-state index contributed by atoms with van der Waals surface area (Å²) in [5.74, 6) is 0.612. The molecular weight excluding hydrogens is 344 g/mol. The summed E-state index contributed by atoms with van der Waals surface area (Å²) in [7, 11) is 0. The molecule has 0 aliphatic carbocycles. The van der Waals surface area contributed by atoms with Crippen LogP contribution in [-0.2, 0) is 11.3 Å². The number of hydrogen-bond acceptors (Lipinski definition) is 3. The minimum atomic E-state index is -0.373. The van der Waals surface area contributed by atoms with Crippen LogP contribution in [0.5, 0.6) is 0 Å². The Morgan fingerprint density at radius 1 is 1.45 bits per heavy atom. The minimum Gasteiger partial charge on any atom is -0.467 e. The molecule has 4 nitrogen and oxygen atoms in total. The van der Waals surface area contributed by atoms with Gasteiger partial charge < -0.3 is 15.1 Å². The maximum Gasteiger partial charge on any atom is 0.242 e. The molecule has 1 unspecified atom stereocenters. The molecule has 20 heavy (non-hydrogen) atoms. The topological polar surface area (TPSA) is 54.3 Å². The van der Waals surface area contributed by atoms with Gasteiger partial charge in [-0.05, 0) is 53.2 Å². The lowest BCUT2D eigenvalue weighted by Crippen LogP contribution is -2.37. The van der Waals surface area contributed by atoms with Crippen molar-refractivity contribution in [3.8, 4) is 0 Å². The smallest absolute Gasteiger partial charge is 0.242 e. The van der Waals surface area contributed by atoms with Crippen LogP contribution in [0.2, 0.25) is 5.02 Å². The van der Waals surface area contributed by atoms with Gasteiger partial charge in [0.2, 0.25) is 5.91 Å². The average Bonchev–Trinajstić information content (AvgIpc) is 2.92. The fourth-order valence-corrected chi connectivity index (χ4v) is 2.44. The number of carbonyl (C=O) groups excluding carboxylic acids is 1. The molecule has 0 radical (unpaired) electrons. The molecule has 0 aliphatic rings. The molecule has 2 aromatic rings. The van der Waals surface area contributed by atoms with Crippen molar-refractivity contribution in [3.63, 3.8) is 0 Å². The van der Waals surface area contributed by atoms with Crippen molar-refractivity contribution >= 4 is 39.1 Å². The number of anilines is 1. The molecule has 1 heterocycles. The first-order valence-electron chi connectivity index (χ1n) is 6.08. The zero-order valence-electron chi connectivity index (χ0n) is 10.8. The summed E-state index contributed by atoms with van der Waals surface area (Å²) in [5, 5.41) is 6.55. The average molecular weight is 358 g/mol. The highest BCUT2D eigenvalue weighted by Crippen LogP contribution is 2.26. The first kappa shape index (κ1) is 14.9. The number of rotatable bonds is 5. The third-order valence-corrected chi connectivity index (χ3v) is 3.60. The maximum atomic E-state index is 12.0. The Morgan fingerprint density at radius 2 is 2.25 bits per heavy atom. The number of carbonyl (C=O) groups is 1. The van der Waals surface area contributed by atoms with Gasteiger partial charge in [0, 0.05) is 15.2 Å². The van der Waals surface area contributed by atoms with E-state index in [9.17, 15) is 4.79 Å². The van der Waals surface area contributed by atoms with Crippen LogP contribution in [0.3, 0.4) is 0 Å². The van der Waals surface area contributed by atoms with Crippen LogP contribution in [-0.4, -0.2) is 11.9 Å². The van der Waals surface area contributed by atoms with Crippen molar-refractivity contribution in [3.05, 3.63) is 51.9 Å². The predicted molar refractivity (Wildman–Crippen MR) is 82.8 cm³/mol. The van der Waals surface area contributed by atoms with E-state index in [1.165, 1.54) is 0 Å². The van der Waals surface area contributed by atoms with E-state index in [0.717, 1.165) is 15.9 Å². The van der Waals surface area contributed by atoms with Gasteiger partial charge in [-0.3, -0.25) is 4.79 Å². The molecule has 1 aromatic heterocycles. The number of nitrogens with one attached hydrogen (secondary N) is 2. The molecule has 0 saturated carbocycles.